The van der Waals surface area contributed by atoms with Gasteiger partial charge >= 0.3 is 0 Å². The molecule has 18 heavy (non-hydrogen) atoms. The minimum atomic E-state index is 0.690. The van der Waals surface area contributed by atoms with Crippen LogP contribution >= 0.6 is 0 Å². The van der Waals surface area contributed by atoms with Crippen molar-refractivity contribution in [3.05, 3.63) is 35.4 Å². The third-order valence-corrected chi connectivity index (χ3v) is 2.85. The van der Waals surface area contributed by atoms with Gasteiger partial charge in [-0.2, -0.15) is 0 Å². The molecule has 0 saturated carbocycles. The molecule has 1 unspecified atom stereocenters. The highest BCUT2D eigenvalue weighted by Crippen LogP contribution is 2.19. The van der Waals surface area contributed by atoms with Gasteiger partial charge in [0, 0.05) is 6.42 Å². The maximum atomic E-state index is 3.87. The molecule has 0 bridgehead atoms. The first kappa shape index (κ1) is 17.2. The molecule has 0 saturated heterocycles. The van der Waals surface area contributed by atoms with Crippen molar-refractivity contribution in [2.24, 2.45) is 5.92 Å². The van der Waals surface area contributed by atoms with Gasteiger partial charge in [-0.1, -0.05) is 58.9 Å². The molecule has 0 spiro atoms. The molecule has 1 rings (SSSR count). The van der Waals surface area contributed by atoms with Gasteiger partial charge < -0.3 is 5.73 Å². The number of benzene rings is 1. The van der Waals surface area contributed by atoms with Crippen molar-refractivity contribution < 1.29 is 5.73 Å². The highest BCUT2D eigenvalue weighted by molar-refractivity contribution is 5.26. The third-order valence-electron chi connectivity index (χ3n) is 2.85. The molecule has 0 fully saturated rings. The maximum Gasteiger partial charge on any atom is 0.0743 e. The highest BCUT2D eigenvalue weighted by atomic mass is 14.5. The molecular weight excluding hydrogens is 218 g/mol. The molecule has 0 aliphatic rings. The molecular formula is C17H32N+. The van der Waals surface area contributed by atoms with Crippen LogP contribution in [0.25, 0.3) is 0 Å². The Bertz CT molecular complexity index is 301. The first-order valence-corrected chi connectivity index (χ1v) is 7.39. The molecule has 0 heterocycles. The fourth-order valence-electron chi connectivity index (χ4n) is 1.62. The van der Waals surface area contributed by atoms with Gasteiger partial charge in [-0.05, 0) is 35.8 Å². The highest BCUT2D eigenvalue weighted by Gasteiger charge is 2.03. The zero-order chi connectivity index (χ0) is 14.0. The topological polar surface area (TPSA) is 27.6 Å². The van der Waals surface area contributed by atoms with Gasteiger partial charge in [0.2, 0.25) is 0 Å². The van der Waals surface area contributed by atoms with Crippen LogP contribution in [0.4, 0.5) is 0 Å². The second-order valence-electron chi connectivity index (χ2n) is 5.74. The molecule has 3 N–H and O–H groups in total. The van der Waals surface area contributed by atoms with Crippen LogP contribution in [0.15, 0.2) is 24.3 Å². The van der Waals surface area contributed by atoms with Crippen molar-refractivity contribution in [3.63, 3.8) is 0 Å². The Morgan fingerprint density at radius 2 is 1.72 bits per heavy atom. The Labute approximate surface area is 114 Å². The van der Waals surface area contributed by atoms with Crippen LogP contribution in [0.3, 0.4) is 0 Å². The Hall–Kier alpha value is -0.820. The summed E-state index contributed by atoms with van der Waals surface area (Å²) in [4.78, 5) is 0. The Morgan fingerprint density at radius 3 is 2.22 bits per heavy atom. The van der Waals surface area contributed by atoms with E-state index in [1.54, 1.807) is 0 Å². The molecule has 0 aromatic heterocycles. The van der Waals surface area contributed by atoms with E-state index in [-0.39, 0.29) is 0 Å². The van der Waals surface area contributed by atoms with Gasteiger partial charge in [-0.25, -0.2) is 0 Å². The van der Waals surface area contributed by atoms with Crippen LogP contribution in [0.5, 0.6) is 0 Å². The predicted molar refractivity (Wildman–Crippen MR) is 81.7 cm³/mol. The zero-order valence-electron chi connectivity index (χ0n) is 13.0. The fraction of sp³-hybridized carbons (Fsp3) is 0.647. The van der Waals surface area contributed by atoms with Crippen LogP contribution in [0, 0.1) is 5.92 Å². The molecule has 1 heteroatoms. The molecule has 0 amide bonds. The summed E-state index contributed by atoms with van der Waals surface area (Å²) in [6, 6.07) is 8.99. The van der Waals surface area contributed by atoms with E-state index in [0.717, 1.165) is 12.5 Å². The Balaban J connectivity index is 0.000000631. The lowest BCUT2D eigenvalue weighted by molar-refractivity contribution is -0.368. The average Bonchev–Trinajstić information content (AvgIpc) is 2.35. The molecule has 0 aliphatic carbocycles. The molecule has 0 radical (unpaired) electrons. The van der Waals surface area contributed by atoms with E-state index < -0.39 is 0 Å². The SMILES string of the molecule is CC(C)C.CCC(C)c1cccc(CCC[NH3+])c1. The monoisotopic (exact) mass is 250 g/mol. The lowest BCUT2D eigenvalue weighted by atomic mass is 9.96. The van der Waals surface area contributed by atoms with Crippen molar-refractivity contribution in [1.29, 1.82) is 0 Å². The summed E-state index contributed by atoms with van der Waals surface area (Å²) in [5.41, 5.74) is 6.82. The lowest BCUT2D eigenvalue weighted by Gasteiger charge is -2.10. The molecule has 1 aromatic rings. The summed E-state index contributed by atoms with van der Waals surface area (Å²) >= 11 is 0. The van der Waals surface area contributed by atoms with Gasteiger partial charge in [0.15, 0.2) is 0 Å². The largest absolute Gasteiger partial charge is 0.358 e. The van der Waals surface area contributed by atoms with E-state index in [1.807, 2.05) is 0 Å². The van der Waals surface area contributed by atoms with Crippen molar-refractivity contribution in [3.8, 4) is 0 Å². The molecule has 1 atom stereocenters. The number of quaternary nitrogens is 1. The number of aryl methyl sites for hydroxylation is 1. The second-order valence-corrected chi connectivity index (χ2v) is 5.74. The normalized spacial score (nSPS) is 11.9. The van der Waals surface area contributed by atoms with E-state index in [9.17, 15) is 0 Å². The number of hydrogen-bond donors (Lipinski definition) is 1. The van der Waals surface area contributed by atoms with Gasteiger partial charge in [0.25, 0.3) is 0 Å². The summed E-state index contributed by atoms with van der Waals surface area (Å²) in [5.74, 6) is 1.52. The van der Waals surface area contributed by atoms with E-state index in [4.69, 9.17) is 0 Å². The minimum Gasteiger partial charge on any atom is -0.358 e. The zero-order valence-corrected chi connectivity index (χ0v) is 13.0. The molecule has 104 valence electrons. The summed E-state index contributed by atoms with van der Waals surface area (Å²) in [6.07, 6.45) is 3.59. The molecule has 0 aliphatic heterocycles. The van der Waals surface area contributed by atoms with Gasteiger partial charge in [-0.3, -0.25) is 0 Å². The Morgan fingerprint density at radius 1 is 1.11 bits per heavy atom. The fourth-order valence-corrected chi connectivity index (χ4v) is 1.62. The summed E-state index contributed by atoms with van der Waals surface area (Å²) in [6.45, 7) is 12.1. The third kappa shape index (κ3) is 8.30. The van der Waals surface area contributed by atoms with Crippen LogP contribution < -0.4 is 5.73 Å². The second kappa shape index (κ2) is 10.1. The van der Waals surface area contributed by atoms with Crippen molar-refractivity contribution in [2.75, 3.05) is 6.54 Å². The van der Waals surface area contributed by atoms with E-state index in [0.29, 0.717) is 5.92 Å². The van der Waals surface area contributed by atoms with Crippen molar-refractivity contribution in [2.45, 2.75) is 59.8 Å². The first-order chi connectivity index (χ1) is 8.51. The standard InChI is InChI=1S/C13H21N.C4H10/c1-3-11(2)13-8-4-6-12(10-13)7-5-9-14;1-4(2)3/h4,6,8,10-11H,3,5,7,9,14H2,1-2H3;4H,1-3H3/p+1. The maximum absolute atomic E-state index is 3.87. The number of hydrogen-bond acceptors (Lipinski definition) is 0. The van der Waals surface area contributed by atoms with E-state index in [2.05, 4.69) is 64.6 Å². The van der Waals surface area contributed by atoms with E-state index >= 15 is 0 Å². The van der Waals surface area contributed by atoms with Gasteiger partial charge in [-0.15, -0.1) is 0 Å². The van der Waals surface area contributed by atoms with Crippen LogP contribution in [0.2, 0.25) is 0 Å². The van der Waals surface area contributed by atoms with Crippen molar-refractivity contribution >= 4 is 0 Å². The van der Waals surface area contributed by atoms with Crippen LogP contribution in [-0.2, 0) is 6.42 Å². The summed E-state index contributed by atoms with van der Waals surface area (Å²) in [5, 5.41) is 0. The summed E-state index contributed by atoms with van der Waals surface area (Å²) < 4.78 is 0. The average molecular weight is 250 g/mol. The van der Waals surface area contributed by atoms with Gasteiger partial charge in [0.05, 0.1) is 6.54 Å². The lowest BCUT2D eigenvalue weighted by Crippen LogP contribution is -2.50. The first-order valence-electron chi connectivity index (χ1n) is 7.39. The Kier molecular flexibility index (Phi) is 9.67. The van der Waals surface area contributed by atoms with Crippen LogP contribution in [-0.4, -0.2) is 6.54 Å². The predicted octanol–water partition coefficient (Wildman–Crippen LogP) is 4.04. The molecule has 1 nitrogen and oxygen atoms in total. The minimum absolute atomic E-state index is 0.690. The quantitative estimate of drug-likeness (QED) is 0.817. The molecule has 1 aromatic carbocycles. The van der Waals surface area contributed by atoms with Crippen molar-refractivity contribution in [1.82, 2.24) is 0 Å². The van der Waals surface area contributed by atoms with E-state index in [1.165, 1.54) is 30.4 Å². The smallest absolute Gasteiger partial charge is 0.0743 e. The number of rotatable bonds is 5. The van der Waals surface area contributed by atoms with Gasteiger partial charge in [0.1, 0.15) is 0 Å². The van der Waals surface area contributed by atoms with Crippen LogP contribution in [0.1, 0.15) is 64.5 Å². The summed E-state index contributed by atoms with van der Waals surface area (Å²) in [7, 11) is 0.